The Labute approximate surface area is 210 Å². The highest BCUT2D eigenvalue weighted by molar-refractivity contribution is 7.89. The summed E-state index contributed by atoms with van der Waals surface area (Å²) in [5, 5.41) is 5.21. The number of anilines is 2. The Hall–Kier alpha value is -3.05. The lowest BCUT2D eigenvalue weighted by Crippen LogP contribution is -2.27. The van der Waals surface area contributed by atoms with Crippen LogP contribution in [0.1, 0.15) is 13.8 Å². The second-order valence-corrected chi connectivity index (χ2v) is 10.6. The van der Waals surface area contributed by atoms with Crippen molar-refractivity contribution in [2.45, 2.75) is 18.7 Å². The topological polar surface area (TPSA) is 96.5 Å². The standard InChI is InChI=1S/C25H29N5O3S2/c1-4-30(5-2)13-14-33-20-11-9-19(10-12-20)28-25-27-16-23-24(29-25)22(17-34-23)18-7-6-8-21(15-18)35(31,32)26-3/h6-12,15-17,26H,4-5,13-14H2,1-3H3,(H,27,28,29). The second kappa shape index (κ2) is 11.1. The average molecular weight is 512 g/mol. The minimum Gasteiger partial charge on any atom is -0.492 e. The van der Waals surface area contributed by atoms with Crippen LogP contribution >= 0.6 is 11.3 Å². The first-order valence-electron chi connectivity index (χ1n) is 11.4. The summed E-state index contributed by atoms with van der Waals surface area (Å²) in [4.78, 5) is 11.7. The maximum atomic E-state index is 12.2. The van der Waals surface area contributed by atoms with Gasteiger partial charge in [-0.15, -0.1) is 11.3 Å². The van der Waals surface area contributed by atoms with E-state index in [1.165, 1.54) is 18.4 Å². The van der Waals surface area contributed by atoms with Crippen LogP contribution in [-0.4, -0.2) is 56.6 Å². The summed E-state index contributed by atoms with van der Waals surface area (Å²) < 4.78 is 33.6. The predicted octanol–water partition coefficient (Wildman–Crippen LogP) is 4.73. The molecule has 35 heavy (non-hydrogen) atoms. The number of fused-ring (bicyclic) bond motifs is 1. The van der Waals surface area contributed by atoms with Crippen molar-refractivity contribution in [1.29, 1.82) is 0 Å². The third kappa shape index (κ3) is 5.96. The number of likely N-dealkylation sites (N-methyl/N-ethyl adjacent to an activating group) is 1. The van der Waals surface area contributed by atoms with Crippen molar-refractivity contribution in [2.75, 3.05) is 38.6 Å². The van der Waals surface area contributed by atoms with Gasteiger partial charge in [-0.3, -0.25) is 0 Å². The fourth-order valence-corrected chi connectivity index (χ4v) is 5.29. The van der Waals surface area contributed by atoms with E-state index in [-0.39, 0.29) is 4.90 Å². The molecule has 0 bridgehead atoms. The van der Waals surface area contributed by atoms with Crippen molar-refractivity contribution in [3.05, 3.63) is 60.1 Å². The molecule has 4 aromatic rings. The van der Waals surface area contributed by atoms with Gasteiger partial charge in [0, 0.05) is 23.2 Å². The predicted molar refractivity (Wildman–Crippen MR) is 142 cm³/mol. The number of sulfonamides is 1. The van der Waals surface area contributed by atoms with Gasteiger partial charge in [0.05, 0.1) is 21.3 Å². The lowest BCUT2D eigenvalue weighted by atomic mass is 10.1. The molecule has 2 aromatic heterocycles. The highest BCUT2D eigenvalue weighted by Gasteiger charge is 2.15. The molecule has 0 aliphatic carbocycles. The molecule has 10 heteroatoms. The van der Waals surface area contributed by atoms with Gasteiger partial charge in [0.25, 0.3) is 0 Å². The van der Waals surface area contributed by atoms with Gasteiger partial charge in [-0.1, -0.05) is 26.0 Å². The fraction of sp³-hybridized carbons (Fsp3) is 0.280. The van der Waals surface area contributed by atoms with E-state index < -0.39 is 10.0 Å². The zero-order chi connectivity index (χ0) is 24.8. The van der Waals surface area contributed by atoms with E-state index in [4.69, 9.17) is 9.72 Å². The SMILES string of the molecule is CCN(CC)CCOc1ccc(Nc2ncc3scc(-c4cccc(S(=O)(=O)NC)c4)c3n2)cc1. The van der Waals surface area contributed by atoms with E-state index in [0.29, 0.717) is 12.6 Å². The largest absolute Gasteiger partial charge is 0.492 e. The summed E-state index contributed by atoms with van der Waals surface area (Å²) in [5.41, 5.74) is 3.26. The van der Waals surface area contributed by atoms with Crippen molar-refractivity contribution in [3.63, 3.8) is 0 Å². The van der Waals surface area contributed by atoms with E-state index >= 15 is 0 Å². The van der Waals surface area contributed by atoms with Crippen LogP contribution in [0.5, 0.6) is 5.75 Å². The maximum absolute atomic E-state index is 12.2. The first-order valence-corrected chi connectivity index (χ1v) is 13.8. The summed E-state index contributed by atoms with van der Waals surface area (Å²) >= 11 is 1.52. The second-order valence-electron chi connectivity index (χ2n) is 7.82. The van der Waals surface area contributed by atoms with E-state index in [2.05, 4.69) is 33.8 Å². The maximum Gasteiger partial charge on any atom is 0.240 e. The molecule has 8 nitrogen and oxygen atoms in total. The smallest absolute Gasteiger partial charge is 0.240 e. The Morgan fingerprint density at radius 1 is 1.09 bits per heavy atom. The number of ether oxygens (including phenoxy) is 1. The molecule has 2 heterocycles. The third-order valence-corrected chi connectivity index (χ3v) is 8.04. The zero-order valence-corrected chi connectivity index (χ0v) is 21.6. The molecule has 0 amide bonds. The summed E-state index contributed by atoms with van der Waals surface area (Å²) in [6, 6.07) is 14.5. The molecule has 0 saturated carbocycles. The number of nitrogens with one attached hydrogen (secondary N) is 2. The van der Waals surface area contributed by atoms with Gasteiger partial charge in [0.2, 0.25) is 16.0 Å². The molecule has 0 aliphatic heterocycles. The first kappa shape index (κ1) is 25.1. The first-order chi connectivity index (χ1) is 16.9. The molecule has 0 saturated heterocycles. The van der Waals surface area contributed by atoms with Gasteiger partial charge >= 0.3 is 0 Å². The number of aromatic nitrogens is 2. The Morgan fingerprint density at radius 2 is 1.86 bits per heavy atom. The molecular weight excluding hydrogens is 482 g/mol. The molecule has 0 atom stereocenters. The fourth-order valence-electron chi connectivity index (χ4n) is 3.64. The monoisotopic (exact) mass is 511 g/mol. The van der Waals surface area contributed by atoms with Gasteiger partial charge in [-0.25, -0.2) is 23.1 Å². The lowest BCUT2D eigenvalue weighted by molar-refractivity contribution is 0.223. The summed E-state index contributed by atoms with van der Waals surface area (Å²) in [6.45, 7) is 7.86. The molecule has 4 rings (SSSR count). The van der Waals surface area contributed by atoms with Gasteiger partial charge in [-0.05, 0) is 62.1 Å². The highest BCUT2D eigenvalue weighted by Crippen LogP contribution is 2.34. The van der Waals surface area contributed by atoms with Crippen molar-refractivity contribution in [1.82, 2.24) is 19.6 Å². The summed E-state index contributed by atoms with van der Waals surface area (Å²) in [5.74, 6) is 1.28. The van der Waals surface area contributed by atoms with Crippen LogP contribution in [0.3, 0.4) is 0 Å². The van der Waals surface area contributed by atoms with Gasteiger partial charge in [-0.2, -0.15) is 0 Å². The summed E-state index contributed by atoms with van der Waals surface area (Å²) in [6.07, 6.45) is 1.78. The highest BCUT2D eigenvalue weighted by atomic mass is 32.2. The Balaban J connectivity index is 1.50. The van der Waals surface area contributed by atoms with Gasteiger partial charge in [0.1, 0.15) is 12.4 Å². The number of hydrogen-bond donors (Lipinski definition) is 2. The van der Waals surface area contributed by atoms with Crippen LogP contribution in [0.15, 0.2) is 65.0 Å². The Morgan fingerprint density at radius 3 is 2.57 bits per heavy atom. The molecule has 0 unspecified atom stereocenters. The van der Waals surface area contributed by atoms with Crippen molar-refractivity contribution >= 4 is 43.2 Å². The van der Waals surface area contributed by atoms with Crippen molar-refractivity contribution in [2.24, 2.45) is 0 Å². The van der Waals surface area contributed by atoms with Crippen LogP contribution in [0.2, 0.25) is 0 Å². The normalized spacial score (nSPS) is 11.8. The van der Waals surface area contributed by atoms with E-state index in [1.54, 1.807) is 24.4 Å². The number of nitrogens with zero attached hydrogens (tertiary/aromatic N) is 3. The molecule has 0 fully saturated rings. The van der Waals surface area contributed by atoms with E-state index in [0.717, 1.165) is 52.4 Å². The van der Waals surface area contributed by atoms with E-state index in [1.807, 2.05) is 35.7 Å². The number of benzene rings is 2. The Kier molecular flexibility index (Phi) is 7.97. The van der Waals surface area contributed by atoms with Gasteiger partial charge in [0.15, 0.2) is 0 Å². The van der Waals surface area contributed by atoms with Crippen LogP contribution < -0.4 is 14.8 Å². The number of hydrogen-bond acceptors (Lipinski definition) is 8. The van der Waals surface area contributed by atoms with Crippen molar-refractivity contribution in [3.8, 4) is 16.9 Å². The lowest BCUT2D eigenvalue weighted by Gasteiger charge is -2.18. The van der Waals surface area contributed by atoms with Crippen LogP contribution in [0.25, 0.3) is 21.3 Å². The minimum atomic E-state index is -3.54. The third-order valence-electron chi connectivity index (χ3n) is 5.72. The molecule has 0 spiro atoms. The van der Waals surface area contributed by atoms with Crippen LogP contribution in [-0.2, 0) is 10.0 Å². The molecule has 2 aromatic carbocycles. The molecular formula is C25H29N5O3S2. The van der Waals surface area contributed by atoms with Crippen LogP contribution in [0.4, 0.5) is 11.6 Å². The zero-order valence-electron chi connectivity index (χ0n) is 20.0. The quantitative estimate of drug-likeness (QED) is 0.300. The molecule has 0 radical (unpaired) electrons. The molecule has 2 N–H and O–H groups in total. The molecule has 0 aliphatic rings. The molecule has 184 valence electrons. The van der Waals surface area contributed by atoms with E-state index in [9.17, 15) is 8.42 Å². The minimum absolute atomic E-state index is 0.212. The van der Waals surface area contributed by atoms with Gasteiger partial charge < -0.3 is 15.0 Å². The average Bonchev–Trinajstić information content (AvgIpc) is 3.31. The van der Waals surface area contributed by atoms with Crippen molar-refractivity contribution < 1.29 is 13.2 Å². The number of thiophene rings is 1. The number of rotatable bonds is 11. The van der Waals surface area contributed by atoms with Crippen LogP contribution in [0, 0.1) is 0 Å². The summed E-state index contributed by atoms with van der Waals surface area (Å²) in [7, 11) is -2.13. The Bertz CT molecular complexity index is 1380.